The highest BCUT2D eigenvalue weighted by molar-refractivity contribution is 5.96. The first-order valence-electron chi connectivity index (χ1n) is 7.94. The molecule has 0 saturated carbocycles. The van der Waals surface area contributed by atoms with Crippen LogP contribution in [0.4, 0.5) is 5.69 Å². The van der Waals surface area contributed by atoms with Gasteiger partial charge in [0.15, 0.2) is 0 Å². The van der Waals surface area contributed by atoms with Gasteiger partial charge in [-0.25, -0.2) is 4.79 Å². The van der Waals surface area contributed by atoms with Crippen molar-refractivity contribution in [3.63, 3.8) is 0 Å². The van der Waals surface area contributed by atoms with Gasteiger partial charge in [-0.2, -0.15) is 0 Å². The van der Waals surface area contributed by atoms with Crippen molar-refractivity contribution in [3.8, 4) is 0 Å². The second-order valence-corrected chi connectivity index (χ2v) is 5.98. The molecular formula is C20H21NO2. The molecule has 23 heavy (non-hydrogen) atoms. The first-order chi connectivity index (χ1) is 11.1. The fraction of sp³-hybridized carbons (Fsp3) is 0.250. The maximum Gasteiger partial charge on any atom is 0.335 e. The van der Waals surface area contributed by atoms with E-state index in [4.69, 9.17) is 0 Å². The van der Waals surface area contributed by atoms with Gasteiger partial charge in [-0.05, 0) is 78.3 Å². The molecule has 2 N–H and O–H groups in total. The van der Waals surface area contributed by atoms with Crippen molar-refractivity contribution >= 4 is 22.8 Å². The molecule has 3 rings (SSSR count). The van der Waals surface area contributed by atoms with E-state index in [9.17, 15) is 9.90 Å². The molecular weight excluding hydrogens is 286 g/mol. The summed E-state index contributed by atoms with van der Waals surface area (Å²) >= 11 is 0. The molecule has 2 aromatic rings. The minimum Gasteiger partial charge on any atom is -0.478 e. The van der Waals surface area contributed by atoms with Gasteiger partial charge in [0, 0.05) is 12.7 Å². The van der Waals surface area contributed by atoms with Crippen molar-refractivity contribution in [1.29, 1.82) is 0 Å². The smallest absolute Gasteiger partial charge is 0.335 e. The fourth-order valence-electron chi connectivity index (χ4n) is 3.30. The first kappa shape index (κ1) is 15.3. The number of anilines is 1. The SMILES string of the molecule is CNc1ccc(C)c(C2=C(c3cccc(C(=O)O)c3)CCC2)c1. The second-order valence-electron chi connectivity index (χ2n) is 5.98. The number of carboxylic acid groups (broad SMARTS) is 1. The number of hydrogen-bond donors (Lipinski definition) is 2. The van der Waals surface area contributed by atoms with Crippen molar-refractivity contribution in [3.05, 3.63) is 64.7 Å². The molecule has 1 aliphatic carbocycles. The molecule has 0 unspecified atom stereocenters. The van der Waals surface area contributed by atoms with Crippen molar-refractivity contribution in [2.75, 3.05) is 12.4 Å². The first-order valence-corrected chi connectivity index (χ1v) is 7.94. The Morgan fingerprint density at radius 1 is 1.09 bits per heavy atom. The molecule has 0 bridgehead atoms. The van der Waals surface area contributed by atoms with Crippen LogP contribution in [0.25, 0.3) is 11.1 Å². The van der Waals surface area contributed by atoms with E-state index in [1.54, 1.807) is 12.1 Å². The summed E-state index contributed by atoms with van der Waals surface area (Å²) in [7, 11) is 1.93. The van der Waals surface area contributed by atoms with Gasteiger partial charge < -0.3 is 10.4 Å². The van der Waals surface area contributed by atoms with E-state index in [1.165, 1.54) is 22.3 Å². The number of nitrogens with one attached hydrogen (secondary N) is 1. The molecule has 3 nitrogen and oxygen atoms in total. The van der Waals surface area contributed by atoms with E-state index in [0.29, 0.717) is 5.56 Å². The lowest BCUT2D eigenvalue weighted by atomic mass is 9.93. The zero-order valence-electron chi connectivity index (χ0n) is 13.5. The van der Waals surface area contributed by atoms with Gasteiger partial charge in [0.25, 0.3) is 0 Å². The van der Waals surface area contributed by atoms with E-state index in [-0.39, 0.29) is 0 Å². The van der Waals surface area contributed by atoms with Crippen LogP contribution in [0.5, 0.6) is 0 Å². The summed E-state index contributed by atoms with van der Waals surface area (Å²) in [6.45, 7) is 2.13. The minimum absolute atomic E-state index is 0.349. The van der Waals surface area contributed by atoms with E-state index >= 15 is 0 Å². The Bertz CT molecular complexity index is 790. The van der Waals surface area contributed by atoms with Crippen LogP contribution < -0.4 is 5.32 Å². The van der Waals surface area contributed by atoms with Crippen LogP contribution in [0, 0.1) is 6.92 Å². The molecule has 0 heterocycles. The zero-order valence-corrected chi connectivity index (χ0v) is 13.5. The van der Waals surface area contributed by atoms with Crippen molar-refractivity contribution in [2.45, 2.75) is 26.2 Å². The third-order valence-electron chi connectivity index (χ3n) is 4.53. The average molecular weight is 307 g/mol. The Hall–Kier alpha value is -2.55. The number of aromatic carboxylic acids is 1. The molecule has 3 heteroatoms. The highest BCUT2D eigenvalue weighted by Crippen LogP contribution is 2.41. The van der Waals surface area contributed by atoms with Gasteiger partial charge >= 0.3 is 5.97 Å². The monoisotopic (exact) mass is 307 g/mol. The summed E-state index contributed by atoms with van der Waals surface area (Å²) in [5.74, 6) is -0.875. The Labute approximate surface area is 136 Å². The molecule has 0 amide bonds. The predicted molar refractivity (Wildman–Crippen MR) is 94.8 cm³/mol. The van der Waals surface area contributed by atoms with E-state index in [0.717, 1.165) is 30.5 Å². The Morgan fingerprint density at radius 3 is 2.61 bits per heavy atom. The third-order valence-corrected chi connectivity index (χ3v) is 4.53. The lowest BCUT2D eigenvalue weighted by molar-refractivity contribution is 0.0697. The van der Waals surface area contributed by atoms with E-state index in [2.05, 4.69) is 30.4 Å². The molecule has 0 aliphatic heterocycles. The largest absolute Gasteiger partial charge is 0.478 e. The van der Waals surface area contributed by atoms with Crippen molar-refractivity contribution < 1.29 is 9.90 Å². The number of aryl methyl sites for hydroxylation is 1. The van der Waals surface area contributed by atoms with Gasteiger partial charge in [0.05, 0.1) is 5.56 Å². The molecule has 0 radical (unpaired) electrons. The molecule has 118 valence electrons. The van der Waals surface area contributed by atoms with Gasteiger partial charge in [-0.15, -0.1) is 0 Å². The van der Waals surface area contributed by atoms with E-state index in [1.807, 2.05) is 19.2 Å². The van der Waals surface area contributed by atoms with Crippen LogP contribution in [0.2, 0.25) is 0 Å². The van der Waals surface area contributed by atoms with Crippen LogP contribution in [0.15, 0.2) is 42.5 Å². The summed E-state index contributed by atoms with van der Waals surface area (Å²) in [6.07, 6.45) is 3.16. The summed E-state index contributed by atoms with van der Waals surface area (Å²) in [5.41, 5.74) is 7.64. The third kappa shape index (κ3) is 3.00. The van der Waals surface area contributed by atoms with Crippen LogP contribution in [0.3, 0.4) is 0 Å². The highest BCUT2D eigenvalue weighted by atomic mass is 16.4. The molecule has 0 atom stereocenters. The number of carboxylic acids is 1. The number of benzene rings is 2. The average Bonchev–Trinajstić information content (AvgIpc) is 3.05. The Balaban J connectivity index is 2.12. The second kappa shape index (κ2) is 6.29. The summed E-state index contributed by atoms with van der Waals surface area (Å²) in [6, 6.07) is 13.7. The molecule has 0 fully saturated rings. The topological polar surface area (TPSA) is 49.3 Å². The number of rotatable bonds is 4. The van der Waals surface area contributed by atoms with Gasteiger partial charge in [0.2, 0.25) is 0 Å². The van der Waals surface area contributed by atoms with Crippen LogP contribution in [-0.2, 0) is 0 Å². The summed E-state index contributed by atoms with van der Waals surface area (Å²) < 4.78 is 0. The molecule has 1 aliphatic rings. The molecule has 0 aromatic heterocycles. The van der Waals surface area contributed by atoms with Gasteiger partial charge in [-0.3, -0.25) is 0 Å². The number of allylic oxidation sites excluding steroid dienone is 2. The fourth-order valence-corrected chi connectivity index (χ4v) is 3.30. The standard InChI is InChI=1S/C20H21NO2/c1-13-9-10-16(21-2)12-19(13)18-8-4-7-17(18)14-5-3-6-15(11-14)20(22)23/h3,5-6,9-12,21H,4,7-8H2,1-2H3,(H,22,23). The lowest BCUT2D eigenvalue weighted by Crippen LogP contribution is -1.97. The maximum atomic E-state index is 11.2. The van der Waals surface area contributed by atoms with Crippen LogP contribution >= 0.6 is 0 Å². The summed E-state index contributed by atoms with van der Waals surface area (Å²) in [5, 5.41) is 12.4. The maximum absolute atomic E-state index is 11.2. The zero-order chi connectivity index (χ0) is 16.4. The van der Waals surface area contributed by atoms with Crippen LogP contribution in [-0.4, -0.2) is 18.1 Å². The number of carbonyl (C=O) groups is 1. The minimum atomic E-state index is -0.875. The number of hydrogen-bond acceptors (Lipinski definition) is 2. The highest BCUT2D eigenvalue weighted by Gasteiger charge is 2.20. The molecule has 2 aromatic carbocycles. The molecule has 0 spiro atoms. The van der Waals surface area contributed by atoms with Crippen LogP contribution in [0.1, 0.15) is 46.3 Å². The Kier molecular flexibility index (Phi) is 4.20. The normalized spacial score (nSPS) is 14.2. The Morgan fingerprint density at radius 2 is 1.87 bits per heavy atom. The van der Waals surface area contributed by atoms with Crippen molar-refractivity contribution in [2.24, 2.45) is 0 Å². The summed E-state index contributed by atoms with van der Waals surface area (Å²) in [4.78, 5) is 11.2. The van der Waals surface area contributed by atoms with E-state index < -0.39 is 5.97 Å². The van der Waals surface area contributed by atoms with Crippen molar-refractivity contribution in [1.82, 2.24) is 0 Å². The lowest BCUT2D eigenvalue weighted by Gasteiger charge is -2.13. The molecule has 0 saturated heterocycles. The van der Waals surface area contributed by atoms with Gasteiger partial charge in [0.1, 0.15) is 0 Å². The van der Waals surface area contributed by atoms with Gasteiger partial charge in [-0.1, -0.05) is 18.2 Å². The predicted octanol–water partition coefficient (Wildman–Crippen LogP) is 4.83. The quantitative estimate of drug-likeness (QED) is 0.850.